The van der Waals surface area contributed by atoms with Gasteiger partial charge in [0.25, 0.3) is 0 Å². The molecule has 0 bridgehead atoms. The summed E-state index contributed by atoms with van der Waals surface area (Å²) < 4.78 is 32.6. The molecule has 1 unspecified atom stereocenters. The fourth-order valence-electron chi connectivity index (χ4n) is 5.45. The van der Waals surface area contributed by atoms with Gasteiger partial charge in [-0.1, -0.05) is 148 Å². The van der Waals surface area contributed by atoms with E-state index in [1.165, 1.54) is 103 Å². The smallest absolute Gasteiger partial charge is 0.462 e. The lowest BCUT2D eigenvalue weighted by atomic mass is 10.0. The zero-order valence-electron chi connectivity index (χ0n) is 31.0. The summed E-state index contributed by atoms with van der Waals surface area (Å²) in [5.41, 5.74) is 5.33. The Hall–Kier alpha value is -1.25. The van der Waals surface area contributed by atoms with Gasteiger partial charge in [-0.3, -0.25) is 18.6 Å². The number of carbonyl (C=O) groups is 2. The first-order chi connectivity index (χ1) is 23.3. The molecule has 48 heavy (non-hydrogen) atoms. The summed E-state index contributed by atoms with van der Waals surface area (Å²) in [5, 5.41) is 0. The van der Waals surface area contributed by atoms with Crippen LogP contribution in [0.1, 0.15) is 187 Å². The molecule has 0 aromatic carbocycles. The number of unbranched alkanes of at least 4 members (excludes halogenated alkanes) is 22. The molecular weight excluding hydrogens is 629 g/mol. The number of allylic oxidation sites excluding steroid dienone is 2. The van der Waals surface area contributed by atoms with Crippen LogP contribution in [0.2, 0.25) is 0 Å². The highest BCUT2D eigenvalue weighted by molar-refractivity contribution is 7.47. The van der Waals surface area contributed by atoms with Crippen molar-refractivity contribution in [3.63, 3.8) is 0 Å². The quantitative estimate of drug-likeness (QED) is 0.0280. The molecule has 0 aliphatic rings. The molecule has 0 heterocycles. The standard InChI is InChI=1S/C38H74NO8P/c1-3-5-7-9-11-13-15-17-18-19-21-23-25-27-29-31-38(41)47-36(35-46-48(42,43)45-33-32-39)34-44-37(40)30-28-26-24-22-20-16-14-12-10-8-6-4-2/h17-18,36H,3-16,19-35,39H2,1-2H3,(H,42,43)/b18-17+/t36-/m1/s1. The monoisotopic (exact) mass is 704 g/mol. The molecule has 0 aliphatic heterocycles. The van der Waals surface area contributed by atoms with Gasteiger partial charge in [-0.05, 0) is 38.5 Å². The first-order valence-corrected chi connectivity index (χ1v) is 21.2. The maximum atomic E-state index is 12.5. The number of rotatable bonds is 37. The van der Waals surface area contributed by atoms with E-state index in [-0.39, 0.29) is 38.6 Å². The van der Waals surface area contributed by atoms with Crippen molar-refractivity contribution in [3.05, 3.63) is 12.2 Å². The summed E-state index contributed by atoms with van der Waals surface area (Å²) in [6, 6.07) is 0. The van der Waals surface area contributed by atoms with Gasteiger partial charge in [0, 0.05) is 19.4 Å². The highest BCUT2D eigenvalue weighted by Crippen LogP contribution is 2.43. The average molecular weight is 704 g/mol. The van der Waals surface area contributed by atoms with Crippen molar-refractivity contribution < 1.29 is 37.6 Å². The van der Waals surface area contributed by atoms with Crippen LogP contribution in [0, 0.1) is 0 Å². The predicted octanol–water partition coefficient (Wildman–Crippen LogP) is 10.7. The van der Waals surface area contributed by atoms with Crippen LogP contribution >= 0.6 is 7.82 Å². The number of phosphoric ester groups is 1. The van der Waals surface area contributed by atoms with Crippen LogP contribution in [-0.4, -0.2) is 49.3 Å². The Morgan fingerprint density at radius 1 is 0.604 bits per heavy atom. The van der Waals surface area contributed by atoms with Gasteiger partial charge in [0.1, 0.15) is 6.61 Å². The minimum atomic E-state index is -4.37. The molecule has 0 fully saturated rings. The number of hydrogen-bond donors (Lipinski definition) is 2. The number of hydrogen-bond acceptors (Lipinski definition) is 8. The third-order valence-electron chi connectivity index (χ3n) is 8.40. The molecule has 3 N–H and O–H groups in total. The van der Waals surface area contributed by atoms with E-state index in [0.29, 0.717) is 6.42 Å². The molecule has 0 amide bonds. The summed E-state index contributed by atoms with van der Waals surface area (Å²) in [6.07, 6.45) is 33.8. The lowest BCUT2D eigenvalue weighted by Crippen LogP contribution is -2.29. The third-order valence-corrected chi connectivity index (χ3v) is 9.39. The highest BCUT2D eigenvalue weighted by Gasteiger charge is 2.25. The van der Waals surface area contributed by atoms with Gasteiger partial charge in [0.05, 0.1) is 13.2 Å². The number of esters is 2. The van der Waals surface area contributed by atoms with Gasteiger partial charge in [-0.2, -0.15) is 0 Å². The SMILES string of the molecule is CCCCCCCC/C=C/CCCCCCCC(=O)O[C@H](COC(=O)CCCCCCCCCCCCCC)COP(=O)(O)OCCN. The van der Waals surface area contributed by atoms with Gasteiger partial charge in [-0.15, -0.1) is 0 Å². The van der Waals surface area contributed by atoms with Crippen LogP contribution in [0.15, 0.2) is 12.2 Å². The fraction of sp³-hybridized carbons (Fsp3) is 0.895. The zero-order chi connectivity index (χ0) is 35.4. The second-order valence-electron chi connectivity index (χ2n) is 13.2. The highest BCUT2D eigenvalue weighted by atomic mass is 31.2. The molecule has 9 nitrogen and oxygen atoms in total. The molecule has 284 valence electrons. The molecule has 0 aliphatic carbocycles. The Bertz CT molecular complexity index is 810. The minimum absolute atomic E-state index is 0.0546. The average Bonchev–Trinajstić information content (AvgIpc) is 3.07. The molecule has 0 radical (unpaired) electrons. The fourth-order valence-corrected chi connectivity index (χ4v) is 6.22. The van der Waals surface area contributed by atoms with E-state index < -0.39 is 26.5 Å². The van der Waals surface area contributed by atoms with Gasteiger partial charge in [0.2, 0.25) is 0 Å². The summed E-state index contributed by atoms with van der Waals surface area (Å²) >= 11 is 0. The maximum absolute atomic E-state index is 12.5. The van der Waals surface area contributed by atoms with Crippen LogP contribution in [0.3, 0.4) is 0 Å². The Morgan fingerprint density at radius 3 is 1.48 bits per heavy atom. The summed E-state index contributed by atoms with van der Waals surface area (Å²) in [6.45, 7) is 3.72. The summed E-state index contributed by atoms with van der Waals surface area (Å²) in [5.74, 6) is -0.833. The number of carbonyl (C=O) groups excluding carboxylic acids is 2. The van der Waals surface area contributed by atoms with Gasteiger partial charge in [0.15, 0.2) is 6.10 Å². The lowest BCUT2D eigenvalue weighted by Gasteiger charge is -2.19. The van der Waals surface area contributed by atoms with E-state index in [4.69, 9.17) is 24.3 Å². The first kappa shape index (κ1) is 46.8. The largest absolute Gasteiger partial charge is 0.472 e. The van der Waals surface area contributed by atoms with Crippen molar-refractivity contribution in [1.29, 1.82) is 0 Å². The van der Waals surface area contributed by atoms with E-state index in [1.54, 1.807) is 0 Å². The third kappa shape index (κ3) is 34.6. The van der Waals surface area contributed by atoms with Crippen LogP contribution in [-0.2, 0) is 32.7 Å². The second kappa shape index (κ2) is 35.6. The molecule has 10 heteroatoms. The minimum Gasteiger partial charge on any atom is -0.462 e. The maximum Gasteiger partial charge on any atom is 0.472 e. The molecule has 0 aromatic rings. The normalized spacial score (nSPS) is 13.5. The molecule has 0 rings (SSSR count). The molecule has 0 saturated heterocycles. The summed E-state index contributed by atoms with van der Waals surface area (Å²) in [4.78, 5) is 34.7. The van der Waals surface area contributed by atoms with Crippen molar-refractivity contribution in [2.24, 2.45) is 5.73 Å². The first-order valence-electron chi connectivity index (χ1n) is 19.7. The van der Waals surface area contributed by atoms with Crippen LogP contribution < -0.4 is 5.73 Å². The van der Waals surface area contributed by atoms with Crippen molar-refractivity contribution in [2.75, 3.05) is 26.4 Å². The number of ether oxygens (including phenoxy) is 2. The topological polar surface area (TPSA) is 134 Å². The Morgan fingerprint density at radius 2 is 1.02 bits per heavy atom. The Kier molecular flexibility index (Phi) is 34.6. The number of nitrogens with two attached hydrogens (primary N) is 1. The number of phosphoric acid groups is 1. The van der Waals surface area contributed by atoms with E-state index in [2.05, 4.69) is 26.0 Å². The van der Waals surface area contributed by atoms with E-state index >= 15 is 0 Å². The van der Waals surface area contributed by atoms with Crippen LogP contribution in [0.25, 0.3) is 0 Å². The van der Waals surface area contributed by atoms with Crippen molar-refractivity contribution in [2.45, 2.75) is 193 Å². The lowest BCUT2D eigenvalue weighted by molar-refractivity contribution is -0.161. The van der Waals surface area contributed by atoms with Crippen molar-refractivity contribution in [3.8, 4) is 0 Å². The van der Waals surface area contributed by atoms with Crippen LogP contribution in [0.5, 0.6) is 0 Å². The van der Waals surface area contributed by atoms with Gasteiger partial charge >= 0.3 is 19.8 Å². The van der Waals surface area contributed by atoms with Crippen molar-refractivity contribution in [1.82, 2.24) is 0 Å². The molecular formula is C38H74NO8P. The molecule has 0 spiro atoms. The van der Waals surface area contributed by atoms with Gasteiger partial charge in [-0.25, -0.2) is 4.57 Å². The summed E-state index contributed by atoms with van der Waals surface area (Å²) in [7, 11) is -4.37. The van der Waals surface area contributed by atoms with Crippen molar-refractivity contribution >= 4 is 19.8 Å². The van der Waals surface area contributed by atoms with E-state index in [1.807, 2.05) is 0 Å². The predicted molar refractivity (Wildman–Crippen MR) is 197 cm³/mol. The molecule has 0 aromatic heterocycles. The van der Waals surface area contributed by atoms with E-state index in [0.717, 1.165) is 51.4 Å². The van der Waals surface area contributed by atoms with Gasteiger partial charge < -0.3 is 20.1 Å². The zero-order valence-corrected chi connectivity index (χ0v) is 31.9. The Labute approximate surface area is 294 Å². The molecule has 0 saturated carbocycles. The molecule has 2 atom stereocenters. The Balaban J connectivity index is 4.20. The second-order valence-corrected chi connectivity index (χ2v) is 14.6. The van der Waals surface area contributed by atoms with Crippen LogP contribution in [0.4, 0.5) is 0 Å². The van der Waals surface area contributed by atoms with E-state index in [9.17, 15) is 19.0 Å².